The number of fused-ring (bicyclic) bond motifs is 2. The normalized spacial score (nSPS) is 15.3. The number of likely N-dealkylation sites (N-methyl/N-ethyl adjacent to an activating group) is 1. The highest BCUT2D eigenvalue weighted by atomic mass is 35.5. The number of hydrogen-bond acceptors (Lipinski definition) is 6. The molecule has 1 aliphatic heterocycles. The molecule has 0 spiro atoms. The summed E-state index contributed by atoms with van der Waals surface area (Å²) >= 11 is 6.32. The molecule has 0 bridgehead atoms. The van der Waals surface area contributed by atoms with Crippen molar-refractivity contribution in [2.45, 2.75) is 26.8 Å². The molecule has 7 nitrogen and oxygen atoms in total. The molecule has 1 aliphatic rings. The maximum Gasteiger partial charge on any atom is 0.290 e. The summed E-state index contributed by atoms with van der Waals surface area (Å²) in [5.74, 6) is 0.874. The largest absolute Gasteiger partial charge is 0.493 e. The first kappa shape index (κ1) is 24.1. The molecule has 0 saturated carbocycles. The van der Waals surface area contributed by atoms with E-state index in [1.165, 1.54) is 0 Å². The number of halogens is 1. The molecule has 0 saturated heterocycles. The van der Waals surface area contributed by atoms with E-state index < -0.39 is 6.04 Å². The molecule has 0 N–H and O–H groups in total. The van der Waals surface area contributed by atoms with Gasteiger partial charge in [-0.3, -0.25) is 9.59 Å². The zero-order valence-electron chi connectivity index (χ0n) is 20.1. The van der Waals surface area contributed by atoms with Crippen molar-refractivity contribution in [1.29, 1.82) is 0 Å². The summed E-state index contributed by atoms with van der Waals surface area (Å²) in [4.78, 5) is 31.3. The van der Waals surface area contributed by atoms with E-state index in [-0.39, 0.29) is 17.1 Å². The summed E-state index contributed by atoms with van der Waals surface area (Å²) in [5.41, 5.74) is 1.95. The average molecular weight is 485 g/mol. The number of carbonyl (C=O) groups is 1. The van der Waals surface area contributed by atoms with Crippen LogP contribution in [0.25, 0.3) is 11.0 Å². The van der Waals surface area contributed by atoms with Crippen LogP contribution in [0.4, 0.5) is 0 Å². The fraction of sp³-hybridized carbons (Fsp3) is 0.385. The monoisotopic (exact) mass is 484 g/mol. The van der Waals surface area contributed by atoms with Crippen molar-refractivity contribution in [1.82, 2.24) is 9.80 Å². The minimum absolute atomic E-state index is 0.0820. The third-order valence-corrected chi connectivity index (χ3v) is 6.93. The highest BCUT2D eigenvalue weighted by Crippen LogP contribution is 2.41. The molecular formula is C26H29ClN2O5. The van der Waals surface area contributed by atoms with Gasteiger partial charge in [-0.2, -0.15) is 0 Å². The van der Waals surface area contributed by atoms with Crippen molar-refractivity contribution >= 4 is 28.5 Å². The second kappa shape index (κ2) is 9.68. The van der Waals surface area contributed by atoms with Crippen molar-refractivity contribution in [2.24, 2.45) is 0 Å². The first-order valence-electron chi connectivity index (χ1n) is 11.4. The van der Waals surface area contributed by atoms with Crippen LogP contribution in [0.3, 0.4) is 0 Å². The Hall–Kier alpha value is -3.03. The predicted molar refractivity (Wildman–Crippen MR) is 132 cm³/mol. The van der Waals surface area contributed by atoms with Gasteiger partial charge in [-0.25, -0.2) is 0 Å². The van der Waals surface area contributed by atoms with Crippen LogP contribution in [-0.4, -0.2) is 56.1 Å². The molecule has 3 aromatic rings. The number of methoxy groups -OCH3 is 2. The number of nitrogens with zero attached hydrogens (tertiary/aromatic N) is 2. The van der Waals surface area contributed by atoms with Gasteiger partial charge >= 0.3 is 0 Å². The molecule has 2 heterocycles. The summed E-state index contributed by atoms with van der Waals surface area (Å²) in [6.07, 6.45) is 0. The predicted octanol–water partition coefficient (Wildman–Crippen LogP) is 4.66. The number of benzene rings is 2. The zero-order valence-corrected chi connectivity index (χ0v) is 20.9. The van der Waals surface area contributed by atoms with E-state index in [1.807, 2.05) is 19.1 Å². The smallest absolute Gasteiger partial charge is 0.290 e. The number of aryl methyl sites for hydroxylation is 1. The second-order valence-corrected chi connectivity index (χ2v) is 8.72. The maximum absolute atomic E-state index is 13.7. The van der Waals surface area contributed by atoms with Gasteiger partial charge in [0.1, 0.15) is 5.58 Å². The molecule has 1 unspecified atom stereocenters. The van der Waals surface area contributed by atoms with Crippen LogP contribution in [0.15, 0.2) is 39.5 Å². The Morgan fingerprint density at radius 2 is 1.76 bits per heavy atom. The number of hydrogen-bond donors (Lipinski definition) is 0. The van der Waals surface area contributed by atoms with E-state index in [4.69, 9.17) is 25.5 Å². The fourth-order valence-electron chi connectivity index (χ4n) is 4.53. The minimum Gasteiger partial charge on any atom is -0.493 e. The van der Waals surface area contributed by atoms with Crippen molar-refractivity contribution in [3.8, 4) is 11.5 Å². The van der Waals surface area contributed by atoms with Crippen LogP contribution in [0.5, 0.6) is 11.5 Å². The number of carbonyl (C=O) groups excluding carboxylic acids is 1. The Balaban J connectivity index is 1.92. The third kappa shape index (κ3) is 4.03. The van der Waals surface area contributed by atoms with E-state index in [0.29, 0.717) is 46.1 Å². The molecule has 8 heteroatoms. The van der Waals surface area contributed by atoms with Gasteiger partial charge in [0.05, 0.1) is 31.2 Å². The van der Waals surface area contributed by atoms with E-state index in [9.17, 15) is 9.59 Å². The Morgan fingerprint density at radius 1 is 1.06 bits per heavy atom. The Morgan fingerprint density at radius 3 is 2.41 bits per heavy atom. The third-order valence-electron chi connectivity index (χ3n) is 6.52. The van der Waals surface area contributed by atoms with Crippen LogP contribution in [0.2, 0.25) is 5.02 Å². The van der Waals surface area contributed by atoms with Crippen LogP contribution in [0, 0.1) is 6.92 Å². The van der Waals surface area contributed by atoms with Crippen LogP contribution in [0.1, 0.15) is 47.1 Å². The molecule has 180 valence electrons. The summed E-state index contributed by atoms with van der Waals surface area (Å²) in [7, 11) is 3.12. The molecular weight excluding hydrogens is 456 g/mol. The lowest BCUT2D eigenvalue weighted by Gasteiger charge is -2.28. The Kier molecular flexibility index (Phi) is 6.86. The van der Waals surface area contributed by atoms with Crippen molar-refractivity contribution in [2.75, 3.05) is 40.4 Å². The van der Waals surface area contributed by atoms with Crippen LogP contribution >= 0.6 is 11.6 Å². The SMILES string of the molecule is CCN(CC)CCN1C(=O)c2oc3cc(C)c(Cl)cc3c(=O)c2C1c1ccc(OC)c(OC)c1. The molecule has 1 aromatic heterocycles. The van der Waals surface area contributed by atoms with E-state index in [0.717, 1.165) is 24.2 Å². The number of ether oxygens (including phenoxy) is 2. The molecule has 0 radical (unpaired) electrons. The average Bonchev–Trinajstić information content (AvgIpc) is 3.12. The van der Waals surface area contributed by atoms with Crippen LogP contribution < -0.4 is 14.9 Å². The van der Waals surface area contributed by atoms with Gasteiger partial charge in [0.25, 0.3) is 5.91 Å². The van der Waals surface area contributed by atoms with Gasteiger partial charge in [0.15, 0.2) is 16.9 Å². The van der Waals surface area contributed by atoms with E-state index in [1.54, 1.807) is 37.3 Å². The molecule has 1 amide bonds. The van der Waals surface area contributed by atoms with Gasteiger partial charge in [0.2, 0.25) is 5.76 Å². The van der Waals surface area contributed by atoms with E-state index >= 15 is 0 Å². The van der Waals surface area contributed by atoms with E-state index in [2.05, 4.69) is 18.7 Å². The first-order chi connectivity index (χ1) is 16.3. The second-order valence-electron chi connectivity index (χ2n) is 8.31. The van der Waals surface area contributed by atoms with Crippen LogP contribution in [-0.2, 0) is 0 Å². The number of amides is 1. The fourth-order valence-corrected chi connectivity index (χ4v) is 4.69. The molecule has 34 heavy (non-hydrogen) atoms. The highest BCUT2D eigenvalue weighted by molar-refractivity contribution is 6.32. The van der Waals surface area contributed by atoms with Crippen molar-refractivity contribution in [3.05, 3.63) is 68.0 Å². The Labute approximate surface area is 203 Å². The van der Waals surface area contributed by atoms with Crippen molar-refractivity contribution < 1.29 is 18.7 Å². The highest BCUT2D eigenvalue weighted by Gasteiger charge is 2.43. The summed E-state index contributed by atoms with van der Waals surface area (Å²) in [6, 6.07) is 8.15. The molecule has 4 rings (SSSR count). The zero-order chi connectivity index (χ0) is 24.6. The molecule has 0 aliphatic carbocycles. The summed E-state index contributed by atoms with van der Waals surface area (Å²) in [5, 5.41) is 0.836. The number of rotatable bonds is 8. The maximum atomic E-state index is 13.7. The molecule has 2 aromatic carbocycles. The van der Waals surface area contributed by atoms with Gasteiger partial charge < -0.3 is 23.7 Å². The summed E-state index contributed by atoms with van der Waals surface area (Å²) in [6.45, 7) is 8.85. The lowest BCUT2D eigenvalue weighted by Crippen LogP contribution is -2.37. The summed E-state index contributed by atoms with van der Waals surface area (Å²) < 4.78 is 16.9. The Bertz CT molecular complexity index is 1300. The van der Waals surface area contributed by atoms with Gasteiger partial charge in [-0.05, 0) is 55.4 Å². The molecule has 0 fully saturated rings. The standard InChI is InChI=1S/C26H29ClN2O5/c1-6-28(7-2)10-11-29-23(16-8-9-19(32-4)21(13-16)33-5)22-24(30)17-14-18(27)15(3)12-20(17)34-25(22)26(29)31/h8-9,12-14,23H,6-7,10-11H2,1-5H3. The first-order valence-corrected chi connectivity index (χ1v) is 11.7. The molecule has 1 atom stereocenters. The van der Waals surface area contributed by atoms with Gasteiger partial charge in [0, 0.05) is 18.1 Å². The lowest BCUT2D eigenvalue weighted by atomic mass is 9.97. The lowest BCUT2D eigenvalue weighted by molar-refractivity contribution is 0.0708. The van der Waals surface area contributed by atoms with Gasteiger partial charge in [-0.1, -0.05) is 31.5 Å². The van der Waals surface area contributed by atoms with Gasteiger partial charge in [-0.15, -0.1) is 0 Å². The topological polar surface area (TPSA) is 72.2 Å². The minimum atomic E-state index is -0.612. The van der Waals surface area contributed by atoms with Crippen molar-refractivity contribution in [3.63, 3.8) is 0 Å². The quantitative estimate of drug-likeness (QED) is 0.463.